The number of fused-ring (bicyclic) bond motifs is 1. The zero-order chi connectivity index (χ0) is 27.1. The van der Waals surface area contributed by atoms with E-state index in [4.69, 9.17) is 13.6 Å². The van der Waals surface area contributed by atoms with E-state index in [1.165, 1.54) is 6.08 Å². The zero-order valence-corrected chi connectivity index (χ0v) is 22.0. The Morgan fingerprint density at radius 1 is 1.08 bits per heavy atom. The highest BCUT2D eigenvalue weighted by Gasteiger charge is 2.26. The third-order valence-corrected chi connectivity index (χ3v) is 7.18. The van der Waals surface area contributed by atoms with Crippen molar-refractivity contribution in [1.82, 2.24) is 9.55 Å². The molecule has 0 atom stereocenters. The van der Waals surface area contributed by atoms with Crippen LogP contribution in [0.4, 0.5) is 5.69 Å². The van der Waals surface area contributed by atoms with E-state index < -0.39 is 7.82 Å². The summed E-state index contributed by atoms with van der Waals surface area (Å²) in [6.45, 7) is 7.12. The molecule has 0 aliphatic heterocycles. The summed E-state index contributed by atoms with van der Waals surface area (Å²) < 4.78 is 30.7. The van der Waals surface area contributed by atoms with Gasteiger partial charge in [0.2, 0.25) is 5.91 Å². The van der Waals surface area contributed by atoms with Crippen molar-refractivity contribution in [3.63, 3.8) is 0 Å². The number of aromatic nitrogens is 2. The molecule has 1 amide bonds. The van der Waals surface area contributed by atoms with Crippen LogP contribution in [0.1, 0.15) is 19.4 Å². The summed E-state index contributed by atoms with van der Waals surface area (Å²) >= 11 is 0. The molecule has 9 nitrogen and oxygen atoms in total. The van der Waals surface area contributed by atoms with E-state index in [2.05, 4.69) is 22.9 Å². The van der Waals surface area contributed by atoms with E-state index in [0.717, 1.165) is 27.6 Å². The third kappa shape index (κ3) is 6.08. The van der Waals surface area contributed by atoms with Crippen LogP contribution in [0.5, 0.6) is 0 Å². The minimum Gasteiger partial charge on any atom is -0.323 e. The highest BCUT2D eigenvalue weighted by molar-refractivity contribution is 7.48. The van der Waals surface area contributed by atoms with Crippen molar-refractivity contribution in [2.45, 2.75) is 20.6 Å². The van der Waals surface area contributed by atoms with E-state index in [0.29, 0.717) is 16.9 Å². The van der Waals surface area contributed by atoms with Crippen LogP contribution >= 0.6 is 7.82 Å². The van der Waals surface area contributed by atoms with Crippen LogP contribution in [0.2, 0.25) is 0 Å². The van der Waals surface area contributed by atoms with Crippen LogP contribution in [0.3, 0.4) is 0 Å². The van der Waals surface area contributed by atoms with Crippen LogP contribution in [-0.2, 0) is 29.7 Å². The molecule has 0 fully saturated rings. The SMILES string of the molecule is C=CC(=O)Nc1cccc(-c2cnc3c(c2)c(-c2cccc(C#N)c2)cn3COP(=O)(OCC)OCC)c1. The number of carbonyl (C=O) groups is 1. The first kappa shape index (κ1) is 27.0. The second-order valence-electron chi connectivity index (χ2n) is 8.12. The average molecular weight is 531 g/mol. The number of nitrogens with zero attached hydrogens (tertiary/aromatic N) is 3. The molecule has 10 heteroatoms. The lowest BCUT2D eigenvalue weighted by Gasteiger charge is -2.16. The molecule has 1 N–H and O–H groups in total. The predicted molar refractivity (Wildman–Crippen MR) is 146 cm³/mol. The van der Waals surface area contributed by atoms with Gasteiger partial charge in [0, 0.05) is 34.6 Å². The number of amides is 1. The molecule has 0 saturated heterocycles. The average Bonchev–Trinajstić information content (AvgIpc) is 3.30. The minimum atomic E-state index is -3.75. The molecule has 38 heavy (non-hydrogen) atoms. The van der Waals surface area contributed by atoms with Gasteiger partial charge in [-0.1, -0.05) is 30.8 Å². The van der Waals surface area contributed by atoms with Crippen LogP contribution < -0.4 is 5.32 Å². The van der Waals surface area contributed by atoms with Gasteiger partial charge in [-0.25, -0.2) is 9.55 Å². The van der Waals surface area contributed by atoms with E-state index in [9.17, 15) is 14.6 Å². The van der Waals surface area contributed by atoms with Gasteiger partial charge in [-0.2, -0.15) is 5.26 Å². The lowest BCUT2D eigenvalue weighted by Crippen LogP contribution is -2.07. The Kier molecular flexibility index (Phi) is 8.52. The Hall–Kier alpha value is -4.06. The molecule has 0 bridgehead atoms. The van der Waals surface area contributed by atoms with E-state index in [1.807, 2.05) is 42.6 Å². The van der Waals surface area contributed by atoms with Gasteiger partial charge in [0.25, 0.3) is 0 Å². The molecule has 4 rings (SSSR count). The summed E-state index contributed by atoms with van der Waals surface area (Å²) in [7, 11) is -3.75. The molecule has 0 radical (unpaired) electrons. The number of hydrogen-bond acceptors (Lipinski definition) is 7. The van der Waals surface area contributed by atoms with Crippen molar-refractivity contribution < 1.29 is 22.9 Å². The van der Waals surface area contributed by atoms with E-state index >= 15 is 0 Å². The van der Waals surface area contributed by atoms with Gasteiger partial charge in [0.05, 0.1) is 24.8 Å². The first-order valence-corrected chi connectivity index (χ1v) is 13.4. The summed E-state index contributed by atoms with van der Waals surface area (Å²) in [5.74, 6) is -0.302. The Balaban J connectivity index is 1.80. The minimum absolute atomic E-state index is 0.124. The maximum atomic E-state index is 12.9. The smallest absolute Gasteiger partial charge is 0.323 e. The summed E-state index contributed by atoms with van der Waals surface area (Å²) in [6, 6.07) is 18.8. The maximum Gasteiger partial charge on any atom is 0.476 e. The Morgan fingerprint density at radius 3 is 2.53 bits per heavy atom. The zero-order valence-electron chi connectivity index (χ0n) is 21.1. The number of anilines is 1. The maximum absolute atomic E-state index is 12.9. The normalized spacial score (nSPS) is 11.3. The van der Waals surface area contributed by atoms with Gasteiger partial charge < -0.3 is 9.88 Å². The highest BCUT2D eigenvalue weighted by atomic mass is 31.2. The van der Waals surface area contributed by atoms with Crippen LogP contribution in [0.15, 0.2) is 79.6 Å². The number of benzene rings is 2. The van der Waals surface area contributed by atoms with Gasteiger partial charge in [-0.15, -0.1) is 0 Å². The van der Waals surface area contributed by atoms with Gasteiger partial charge >= 0.3 is 7.82 Å². The number of phosphoric ester groups is 1. The lowest BCUT2D eigenvalue weighted by atomic mass is 10.0. The number of rotatable bonds is 11. The summed E-state index contributed by atoms with van der Waals surface area (Å²) in [6.07, 6.45) is 4.76. The first-order valence-electron chi connectivity index (χ1n) is 12.0. The molecule has 194 valence electrons. The molecule has 0 aliphatic carbocycles. The quantitative estimate of drug-likeness (QED) is 0.173. The number of carbonyl (C=O) groups excluding carboxylic acids is 1. The first-order chi connectivity index (χ1) is 18.4. The monoisotopic (exact) mass is 530 g/mol. The predicted octanol–water partition coefficient (Wildman–Crippen LogP) is 6.52. The fourth-order valence-corrected chi connectivity index (χ4v) is 5.07. The number of nitriles is 1. The number of nitrogens with one attached hydrogen (secondary N) is 1. The fourth-order valence-electron chi connectivity index (χ4n) is 3.94. The largest absolute Gasteiger partial charge is 0.476 e. The van der Waals surface area contributed by atoms with Gasteiger partial charge in [-0.05, 0) is 61.4 Å². The molecule has 2 heterocycles. The fraction of sp³-hybridized carbons (Fsp3) is 0.179. The molecule has 0 saturated carbocycles. The topological polar surface area (TPSA) is 115 Å². The second-order valence-corrected chi connectivity index (χ2v) is 9.78. The molecule has 0 unspecified atom stereocenters. The van der Waals surface area contributed by atoms with E-state index in [-0.39, 0.29) is 25.9 Å². The molecule has 2 aromatic heterocycles. The van der Waals surface area contributed by atoms with Gasteiger partial charge in [-0.3, -0.25) is 18.4 Å². The highest BCUT2D eigenvalue weighted by Crippen LogP contribution is 2.49. The van der Waals surface area contributed by atoms with Crippen molar-refractivity contribution in [3.8, 4) is 28.3 Å². The molecular weight excluding hydrogens is 503 g/mol. The van der Waals surface area contributed by atoms with Gasteiger partial charge in [0.15, 0.2) is 0 Å². The van der Waals surface area contributed by atoms with Crippen molar-refractivity contribution in [2.24, 2.45) is 0 Å². The number of hydrogen-bond donors (Lipinski definition) is 1. The van der Waals surface area contributed by atoms with Crippen molar-refractivity contribution in [1.29, 1.82) is 5.26 Å². The molecule has 2 aromatic carbocycles. The lowest BCUT2D eigenvalue weighted by molar-refractivity contribution is -0.111. The van der Waals surface area contributed by atoms with E-state index in [1.54, 1.807) is 42.8 Å². The molecular formula is C28H27N4O5P. The molecule has 4 aromatic rings. The molecule has 0 aliphatic rings. The van der Waals surface area contributed by atoms with Crippen LogP contribution in [0.25, 0.3) is 33.3 Å². The summed E-state index contributed by atoms with van der Waals surface area (Å²) in [5.41, 5.74) is 5.03. The third-order valence-electron chi connectivity index (χ3n) is 5.59. The van der Waals surface area contributed by atoms with Crippen LogP contribution in [0, 0.1) is 11.3 Å². The molecule has 0 spiro atoms. The Morgan fingerprint density at radius 2 is 1.82 bits per heavy atom. The number of phosphoric acid groups is 1. The Bertz CT molecular complexity index is 1560. The van der Waals surface area contributed by atoms with Crippen molar-refractivity contribution in [2.75, 3.05) is 18.5 Å². The summed E-state index contributed by atoms with van der Waals surface area (Å²) in [5, 5.41) is 13.0. The van der Waals surface area contributed by atoms with Crippen LogP contribution in [-0.4, -0.2) is 28.7 Å². The summed E-state index contributed by atoms with van der Waals surface area (Å²) in [4.78, 5) is 16.4. The standard InChI is InChI=1S/C28H27N4O5P/c1-4-27(33)31-24-12-8-10-21(14-24)23-15-25-26(22-11-7-9-20(13-22)16-29)18-32(28(25)30-17-23)19-37-38(34,35-5-2)36-6-3/h4,7-15,17-18H,1,5-6,19H2,2-3H3,(H,31,33). The number of pyridine rings is 1. The van der Waals surface area contributed by atoms with Crippen molar-refractivity contribution in [3.05, 3.63) is 85.2 Å². The van der Waals surface area contributed by atoms with Crippen molar-refractivity contribution >= 4 is 30.5 Å². The van der Waals surface area contributed by atoms with Gasteiger partial charge in [0.1, 0.15) is 12.4 Å². The second kappa shape index (κ2) is 12.0. The Labute approximate surface area is 220 Å².